The monoisotopic (exact) mass is 455 g/mol. The summed E-state index contributed by atoms with van der Waals surface area (Å²) in [5, 5.41) is 3.94. The Hall–Kier alpha value is -2.23. The van der Waals surface area contributed by atoms with Crippen LogP contribution in [-0.4, -0.2) is 44.6 Å². The predicted octanol–water partition coefficient (Wildman–Crippen LogP) is 4.33. The normalized spacial score (nSPS) is 11.0. The number of nitrogens with one attached hydrogen (secondary N) is 1. The summed E-state index contributed by atoms with van der Waals surface area (Å²) in [5.41, 5.74) is 1.30. The number of ether oxygens (including phenoxy) is 2. The quantitative estimate of drug-likeness (QED) is 0.526. The summed E-state index contributed by atoms with van der Waals surface area (Å²) in [6, 6.07) is 8.59. The van der Waals surface area contributed by atoms with Crippen molar-refractivity contribution in [2.75, 3.05) is 31.5 Å². The van der Waals surface area contributed by atoms with Crippen molar-refractivity contribution in [3.05, 3.63) is 36.7 Å². The smallest absolute Gasteiger partial charge is 0.178 e. The van der Waals surface area contributed by atoms with Crippen LogP contribution in [0.2, 0.25) is 0 Å². The van der Waals surface area contributed by atoms with Gasteiger partial charge in [0.05, 0.1) is 41.5 Å². The molecule has 0 aliphatic rings. The van der Waals surface area contributed by atoms with Crippen molar-refractivity contribution in [1.82, 2.24) is 9.97 Å². The third-order valence-electron chi connectivity index (χ3n) is 4.29. The van der Waals surface area contributed by atoms with E-state index in [0.29, 0.717) is 33.9 Å². The molecule has 0 unspecified atom stereocenters. The Labute approximate surface area is 180 Å². The molecule has 3 rings (SSSR count). The van der Waals surface area contributed by atoms with Gasteiger partial charge in [-0.3, -0.25) is 0 Å². The summed E-state index contributed by atoms with van der Waals surface area (Å²) in [4.78, 5) is 9.82. The first-order chi connectivity index (χ1) is 13.4. The second-order valence-corrected chi connectivity index (χ2v) is 8.96. The van der Waals surface area contributed by atoms with Crippen LogP contribution in [-0.2, 0) is 9.84 Å². The van der Waals surface area contributed by atoms with Crippen LogP contribution in [0.4, 0.5) is 11.5 Å². The SMILES string of the molecule is CCS(=O)(=O)c1ccc(SC)c(Nc2ncnc3cc(OC)cc(OC)c23)c1.Cl. The van der Waals surface area contributed by atoms with Gasteiger partial charge in [-0.1, -0.05) is 6.92 Å². The molecule has 2 aromatic carbocycles. The van der Waals surface area contributed by atoms with Crippen molar-refractivity contribution in [3.8, 4) is 11.5 Å². The number of fused-ring (bicyclic) bond motifs is 1. The van der Waals surface area contributed by atoms with E-state index in [2.05, 4.69) is 15.3 Å². The molecular formula is C19H22ClN3O4S2. The van der Waals surface area contributed by atoms with Crippen LogP contribution in [0.25, 0.3) is 10.9 Å². The topological polar surface area (TPSA) is 90.4 Å². The highest BCUT2D eigenvalue weighted by Crippen LogP contribution is 2.37. The van der Waals surface area contributed by atoms with Gasteiger partial charge in [-0.2, -0.15) is 0 Å². The van der Waals surface area contributed by atoms with Gasteiger partial charge in [0.1, 0.15) is 23.6 Å². The molecule has 1 N–H and O–H groups in total. The number of benzene rings is 2. The first-order valence-electron chi connectivity index (χ1n) is 8.48. The molecule has 0 amide bonds. The van der Waals surface area contributed by atoms with Gasteiger partial charge in [0, 0.05) is 17.0 Å². The largest absolute Gasteiger partial charge is 0.497 e. The molecule has 29 heavy (non-hydrogen) atoms. The number of nitrogens with zero attached hydrogens (tertiary/aromatic N) is 2. The third-order valence-corrected chi connectivity index (χ3v) is 6.82. The van der Waals surface area contributed by atoms with Crippen LogP contribution in [0.1, 0.15) is 6.92 Å². The molecule has 0 atom stereocenters. The number of rotatable bonds is 7. The van der Waals surface area contributed by atoms with Crippen LogP contribution in [0.3, 0.4) is 0 Å². The van der Waals surface area contributed by atoms with Gasteiger partial charge < -0.3 is 14.8 Å². The average molecular weight is 456 g/mol. The molecule has 156 valence electrons. The summed E-state index contributed by atoms with van der Waals surface area (Å²) in [7, 11) is -0.188. The molecule has 0 bridgehead atoms. The number of thioether (sulfide) groups is 1. The zero-order valence-corrected chi connectivity index (χ0v) is 18.9. The standard InChI is InChI=1S/C19H21N3O4S2.ClH/c1-5-28(23,24)13-6-7-17(27-4)14(10-13)22-19-18-15(20-11-21-19)8-12(25-2)9-16(18)26-3;/h6-11H,5H2,1-4H3,(H,20,21,22);1H. The van der Waals surface area contributed by atoms with Gasteiger partial charge >= 0.3 is 0 Å². The fourth-order valence-corrected chi connectivity index (χ4v) is 4.22. The molecule has 0 saturated heterocycles. The number of hydrogen-bond donors (Lipinski definition) is 1. The van der Waals surface area contributed by atoms with E-state index in [9.17, 15) is 8.42 Å². The molecule has 0 aliphatic heterocycles. The van der Waals surface area contributed by atoms with E-state index in [-0.39, 0.29) is 23.1 Å². The van der Waals surface area contributed by atoms with Crippen LogP contribution in [0.5, 0.6) is 11.5 Å². The Morgan fingerprint density at radius 3 is 2.48 bits per heavy atom. The molecule has 1 heterocycles. The lowest BCUT2D eigenvalue weighted by Crippen LogP contribution is -2.05. The Morgan fingerprint density at radius 2 is 1.86 bits per heavy atom. The molecule has 0 fully saturated rings. The van der Waals surface area contributed by atoms with E-state index < -0.39 is 9.84 Å². The summed E-state index contributed by atoms with van der Waals surface area (Å²) < 4.78 is 35.4. The molecule has 7 nitrogen and oxygen atoms in total. The lowest BCUT2D eigenvalue weighted by molar-refractivity contribution is 0.398. The lowest BCUT2D eigenvalue weighted by atomic mass is 10.2. The van der Waals surface area contributed by atoms with Crippen LogP contribution in [0, 0.1) is 0 Å². The minimum absolute atomic E-state index is 0. The van der Waals surface area contributed by atoms with Crippen molar-refractivity contribution in [2.24, 2.45) is 0 Å². The first-order valence-corrected chi connectivity index (χ1v) is 11.4. The van der Waals surface area contributed by atoms with E-state index in [1.807, 2.05) is 6.26 Å². The minimum atomic E-state index is -3.33. The Balaban J connectivity index is 0.00000300. The van der Waals surface area contributed by atoms with Gasteiger partial charge in [0.15, 0.2) is 9.84 Å². The molecule has 0 radical (unpaired) electrons. The highest BCUT2D eigenvalue weighted by atomic mass is 35.5. The van der Waals surface area contributed by atoms with Crippen molar-refractivity contribution >= 4 is 56.4 Å². The van der Waals surface area contributed by atoms with E-state index in [4.69, 9.17) is 9.47 Å². The number of anilines is 2. The summed E-state index contributed by atoms with van der Waals surface area (Å²) in [5.74, 6) is 1.73. The minimum Gasteiger partial charge on any atom is -0.497 e. The van der Waals surface area contributed by atoms with Gasteiger partial charge in [-0.25, -0.2) is 18.4 Å². The Bertz CT molecular complexity index is 1120. The predicted molar refractivity (Wildman–Crippen MR) is 119 cm³/mol. The van der Waals surface area contributed by atoms with E-state index in [1.165, 1.54) is 18.1 Å². The molecule has 0 aliphatic carbocycles. The van der Waals surface area contributed by atoms with Crippen LogP contribution in [0.15, 0.2) is 46.5 Å². The number of halogens is 1. The molecule has 10 heteroatoms. The Morgan fingerprint density at radius 1 is 1.10 bits per heavy atom. The Kier molecular flexibility index (Phi) is 7.56. The number of sulfone groups is 1. The fraction of sp³-hybridized carbons (Fsp3) is 0.263. The maximum absolute atomic E-state index is 12.3. The third kappa shape index (κ3) is 4.68. The second kappa shape index (κ2) is 9.51. The van der Waals surface area contributed by atoms with E-state index >= 15 is 0 Å². The van der Waals surface area contributed by atoms with E-state index in [0.717, 1.165) is 4.90 Å². The number of methoxy groups -OCH3 is 2. The average Bonchev–Trinajstić information content (AvgIpc) is 2.72. The van der Waals surface area contributed by atoms with Gasteiger partial charge in [-0.05, 0) is 24.5 Å². The molecular weight excluding hydrogens is 434 g/mol. The number of aromatic nitrogens is 2. The summed E-state index contributed by atoms with van der Waals surface area (Å²) in [6.07, 6.45) is 3.37. The van der Waals surface area contributed by atoms with Crippen LogP contribution < -0.4 is 14.8 Å². The molecule has 3 aromatic rings. The maximum atomic E-state index is 12.3. The zero-order valence-electron chi connectivity index (χ0n) is 16.4. The van der Waals surface area contributed by atoms with E-state index in [1.54, 1.807) is 51.5 Å². The summed E-state index contributed by atoms with van der Waals surface area (Å²) >= 11 is 1.51. The highest BCUT2D eigenvalue weighted by molar-refractivity contribution is 7.98. The van der Waals surface area contributed by atoms with Gasteiger partial charge in [-0.15, -0.1) is 24.2 Å². The first kappa shape index (κ1) is 23.1. The molecule has 0 saturated carbocycles. The van der Waals surface area contributed by atoms with Crippen LogP contribution >= 0.6 is 24.2 Å². The van der Waals surface area contributed by atoms with Crippen molar-refractivity contribution in [3.63, 3.8) is 0 Å². The van der Waals surface area contributed by atoms with Crippen molar-refractivity contribution in [1.29, 1.82) is 0 Å². The zero-order chi connectivity index (χ0) is 20.3. The maximum Gasteiger partial charge on any atom is 0.178 e. The highest BCUT2D eigenvalue weighted by Gasteiger charge is 2.17. The van der Waals surface area contributed by atoms with Gasteiger partial charge in [0.2, 0.25) is 0 Å². The molecule has 1 aromatic heterocycles. The fourth-order valence-electron chi connectivity index (χ4n) is 2.78. The number of hydrogen-bond acceptors (Lipinski definition) is 8. The van der Waals surface area contributed by atoms with Gasteiger partial charge in [0.25, 0.3) is 0 Å². The summed E-state index contributed by atoms with van der Waals surface area (Å²) in [6.45, 7) is 1.63. The molecule has 0 spiro atoms. The van der Waals surface area contributed by atoms with Crippen molar-refractivity contribution < 1.29 is 17.9 Å². The van der Waals surface area contributed by atoms with Crippen molar-refractivity contribution in [2.45, 2.75) is 16.7 Å². The lowest BCUT2D eigenvalue weighted by Gasteiger charge is -2.15. The second-order valence-electron chi connectivity index (χ2n) is 5.84.